The molecule has 0 aromatic rings. The topological polar surface area (TPSA) is 18.5 Å². The third kappa shape index (κ3) is 3.87. The molecule has 0 aliphatic heterocycles. The molecule has 0 aliphatic carbocycles. The average Bonchev–Trinajstić information content (AvgIpc) is 2.12. The van der Waals surface area contributed by atoms with Crippen LogP contribution in [0.3, 0.4) is 0 Å². The molecule has 0 saturated carbocycles. The highest BCUT2D eigenvalue weighted by Crippen LogP contribution is 2.48. The Kier molecular flexibility index (Phi) is 5.33. The van der Waals surface area contributed by atoms with E-state index in [1.807, 2.05) is 0 Å². The smallest absolute Gasteiger partial charge is 0.251 e. The number of hydrogen-bond donors (Lipinski definition) is 0. The molecule has 0 rings (SSSR count). The Morgan fingerprint density at radius 3 is 1.40 bits per heavy atom. The monoisotopic (exact) mass is 326 g/mol. The van der Waals surface area contributed by atoms with Crippen LogP contribution >= 0.6 is 0 Å². The number of hydrogen-bond acceptors (Lipinski definition) is 2. The second kappa shape index (κ2) is 5.54. The SMILES string of the molecule is CC(C)(C(F)F)C(F)(F)OC(F)(F)C(F)(F)OC(F)F. The van der Waals surface area contributed by atoms with Gasteiger partial charge in [0.25, 0.3) is 6.43 Å². The summed E-state index contributed by atoms with van der Waals surface area (Å²) in [5.74, 6) is 0. The first-order valence-corrected chi connectivity index (χ1v) is 4.64. The van der Waals surface area contributed by atoms with Crippen LogP contribution in [0.15, 0.2) is 0 Å². The highest BCUT2D eigenvalue weighted by Gasteiger charge is 2.69. The fourth-order valence-electron chi connectivity index (χ4n) is 0.659. The lowest BCUT2D eigenvalue weighted by atomic mass is 9.92. The Labute approximate surface area is 105 Å². The minimum Gasteiger partial charge on any atom is -0.251 e. The Balaban J connectivity index is 5.27. The van der Waals surface area contributed by atoms with Crippen LogP contribution in [0.2, 0.25) is 0 Å². The van der Waals surface area contributed by atoms with Gasteiger partial charge in [-0.3, -0.25) is 4.74 Å². The second-order valence-corrected chi connectivity index (χ2v) is 4.05. The molecular weight excluding hydrogens is 318 g/mol. The summed E-state index contributed by atoms with van der Waals surface area (Å²) in [4.78, 5) is 0. The first-order valence-electron chi connectivity index (χ1n) is 4.64. The van der Waals surface area contributed by atoms with Gasteiger partial charge in [0, 0.05) is 0 Å². The Hall–Kier alpha value is -0.780. The number of rotatable bonds is 7. The highest BCUT2D eigenvalue weighted by atomic mass is 19.3. The predicted molar refractivity (Wildman–Crippen MR) is 42.8 cm³/mol. The molecule has 0 spiro atoms. The Bertz CT molecular complexity index is 327. The summed E-state index contributed by atoms with van der Waals surface area (Å²) in [5, 5.41) is 0. The molecular formula is C8H8F10O2. The van der Waals surface area contributed by atoms with Crippen LogP contribution in [-0.2, 0) is 9.47 Å². The van der Waals surface area contributed by atoms with Gasteiger partial charge in [0.05, 0.1) is 0 Å². The number of halogens is 10. The summed E-state index contributed by atoms with van der Waals surface area (Å²) in [5.41, 5.74) is -3.59. The van der Waals surface area contributed by atoms with Crippen molar-refractivity contribution in [3.05, 3.63) is 0 Å². The number of ether oxygens (including phenoxy) is 2. The molecule has 0 fully saturated rings. The van der Waals surface area contributed by atoms with Crippen molar-refractivity contribution in [1.29, 1.82) is 0 Å². The first-order chi connectivity index (χ1) is 8.57. The van der Waals surface area contributed by atoms with E-state index in [0.29, 0.717) is 0 Å². The zero-order valence-corrected chi connectivity index (χ0v) is 9.75. The molecule has 2 nitrogen and oxygen atoms in total. The average molecular weight is 326 g/mol. The molecule has 0 bridgehead atoms. The van der Waals surface area contributed by atoms with Crippen LogP contribution < -0.4 is 0 Å². The van der Waals surface area contributed by atoms with Crippen molar-refractivity contribution in [3.63, 3.8) is 0 Å². The largest absolute Gasteiger partial charge is 0.453 e. The molecule has 0 aromatic carbocycles. The standard InChI is InChI=1S/C8H8F10O2/c1-5(2,3(9)10)6(13,14)20-8(17,18)7(15,16)19-4(11)12/h3-4H,1-2H3. The van der Waals surface area contributed by atoms with Crippen molar-refractivity contribution in [1.82, 2.24) is 0 Å². The van der Waals surface area contributed by atoms with E-state index in [-0.39, 0.29) is 13.8 Å². The maximum Gasteiger partial charge on any atom is 0.453 e. The summed E-state index contributed by atoms with van der Waals surface area (Å²) in [6.45, 7) is -4.32. The molecule has 122 valence electrons. The number of alkyl halides is 10. The van der Waals surface area contributed by atoms with E-state index in [9.17, 15) is 43.9 Å². The molecule has 0 N–H and O–H groups in total. The molecule has 0 radical (unpaired) electrons. The van der Waals surface area contributed by atoms with Crippen LogP contribution in [0.1, 0.15) is 13.8 Å². The van der Waals surface area contributed by atoms with Crippen molar-refractivity contribution >= 4 is 0 Å². The van der Waals surface area contributed by atoms with Crippen molar-refractivity contribution in [2.45, 2.75) is 45.2 Å². The summed E-state index contributed by atoms with van der Waals surface area (Å²) < 4.78 is 128. The third-order valence-electron chi connectivity index (χ3n) is 2.13. The van der Waals surface area contributed by atoms with Gasteiger partial charge in [-0.1, -0.05) is 0 Å². The van der Waals surface area contributed by atoms with Crippen LogP contribution in [0.25, 0.3) is 0 Å². The van der Waals surface area contributed by atoms with Gasteiger partial charge < -0.3 is 0 Å². The zero-order chi connectivity index (χ0) is 16.6. The van der Waals surface area contributed by atoms with Gasteiger partial charge in [0.2, 0.25) is 0 Å². The van der Waals surface area contributed by atoms with Gasteiger partial charge in [0.1, 0.15) is 5.41 Å². The van der Waals surface area contributed by atoms with Gasteiger partial charge in [-0.15, -0.1) is 0 Å². The molecule has 0 aromatic heterocycles. The molecule has 0 atom stereocenters. The predicted octanol–water partition coefficient (Wildman–Crippen LogP) is 4.31. The molecule has 0 aliphatic rings. The summed E-state index contributed by atoms with van der Waals surface area (Å²) in [7, 11) is 0. The van der Waals surface area contributed by atoms with Crippen LogP contribution in [0.4, 0.5) is 43.9 Å². The van der Waals surface area contributed by atoms with Gasteiger partial charge in [-0.2, -0.15) is 35.1 Å². The van der Waals surface area contributed by atoms with E-state index in [4.69, 9.17) is 0 Å². The minimum atomic E-state index is -6.26. The normalized spacial score (nSPS) is 15.3. The maximum atomic E-state index is 13.1. The maximum absolute atomic E-state index is 13.1. The molecule has 0 heterocycles. The molecule has 20 heavy (non-hydrogen) atoms. The molecule has 12 heteroatoms. The summed E-state index contributed by atoms with van der Waals surface area (Å²) in [6, 6.07) is 0. The van der Waals surface area contributed by atoms with Gasteiger partial charge >= 0.3 is 24.9 Å². The summed E-state index contributed by atoms with van der Waals surface area (Å²) >= 11 is 0. The Morgan fingerprint density at radius 1 is 0.700 bits per heavy atom. The van der Waals surface area contributed by atoms with Gasteiger partial charge in [-0.05, 0) is 13.8 Å². The molecule has 0 saturated heterocycles. The van der Waals surface area contributed by atoms with Crippen molar-refractivity contribution < 1.29 is 53.4 Å². The summed E-state index contributed by atoms with van der Waals surface area (Å²) in [6.07, 6.45) is -21.8. The van der Waals surface area contributed by atoms with E-state index >= 15 is 0 Å². The zero-order valence-electron chi connectivity index (χ0n) is 9.75. The van der Waals surface area contributed by atoms with E-state index in [1.54, 1.807) is 0 Å². The van der Waals surface area contributed by atoms with Crippen molar-refractivity contribution in [3.8, 4) is 0 Å². The fraction of sp³-hybridized carbons (Fsp3) is 1.00. The van der Waals surface area contributed by atoms with Gasteiger partial charge in [0.15, 0.2) is 0 Å². The van der Waals surface area contributed by atoms with Gasteiger partial charge in [-0.25, -0.2) is 13.5 Å². The van der Waals surface area contributed by atoms with Crippen LogP contribution in [0.5, 0.6) is 0 Å². The third-order valence-corrected chi connectivity index (χ3v) is 2.13. The van der Waals surface area contributed by atoms with E-state index in [2.05, 4.69) is 9.47 Å². The lowest BCUT2D eigenvalue weighted by molar-refractivity contribution is -0.511. The van der Waals surface area contributed by atoms with Crippen LogP contribution in [-0.4, -0.2) is 31.4 Å². The fourth-order valence-corrected chi connectivity index (χ4v) is 0.659. The first kappa shape index (κ1) is 19.2. The van der Waals surface area contributed by atoms with E-state index in [1.165, 1.54) is 0 Å². The minimum absolute atomic E-state index is 0.0554. The van der Waals surface area contributed by atoms with Crippen molar-refractivity contribution in [2.24, 2.45) is 5.41 Å². The second-order valence-electron chi connectivity index (χ2n) is 4.05. The highest BCUT2D eigenvalue weighted by molar-refractivity contribution is 4.83. The van der Waals surface area contributed by atoms with E-state index in [0.717, 1.165) is 0 Å². The Morgan fingerprint density at radius 2 is 1.10 bits per heavy atom. The van der Waals surface area contributed by atoms with E-state index < -0.39 is 36.8 Å². The quantitative estimate of drug-likeness (QED) is 0.649. The molecule has 0 amide bonds. The lowest BCUT2D eigenvalue weighted by Crippen LogP contribution is -2.54. The molecule has 0 unspecified atom stereocenters. The van der Waals surface area contributed by atoms with Crippen LogP contribution in [0, 0.1) is 5.41 Å². The lowest BCUT2D eigenvalue weighted by Gasteiger charge is -2.36. The van der Waals surface area contributed by atoms with Crippen molar-refractivity contribution in [2.75, 3.05) is 0 Å².